The van der Waals surface area contributed by atoms with Crippen LogP contribution >= 0.6 is 0 Å². The summed E-state index contributed by atoms with van der Waals surface area (Å²) >= 11 is 0. The van der Waals surface area contributed by atoms with Gasteiger partial charge in [0.1, 0.15) is 11.5 Å². The normalized spacial score (nSPS) is 17.4. The number of benzene rings is 1. The van der Waals surface area contributed by atoms with E-state index in [2.05, 4.69) is 19.9 Å². The molecule has 134 valence electrons. The van der Waals surface area contributed by atoms with E-state index in [1.165, 1.54) is 12.1 Å². The SMILES string of the molecule is Fc1ccc(-c2nn3c(c2-c2ccnc4[nH]ncc24)COCC32CC2)cc1. The van der Waals surface area contributed by atoms with Gasteiger partial charge in [-0.3, -0.25) is 9.78 Å². The lowest BCUT2D eigenvalue weighted by Crippen LogP contribution is -2.31. The van der Waals surface area contributed by atoms with Crippen molar-refractivity contribution in [3.63, 3.8) is 0 Å². The van der Waals surface area contributed by atoms with Gasteiger partial charge in [0, 0.05) is 22.7 Å². The summed E-state index contributed by atoms with van der Waals surface area (Å²) in [5.74, 6) is -0.257. The van der Waals surface area contributed by atoms with Crippen LogP contribution in [0.1, 0.15) is 18.5 Å². The Bertz CT molecular complexity index is 1170. The van der Waals surface area contributed by atoms with Crippen molar-refractivity contribution in [3.05, 3.63) is 54.2 Å². The molecule has 1 N–H and O–H groups in total. The molecule has 2 aliphatic rings. The van der Waals surface area contributed by atoms with Gasteiger partial charge in [-0.2, -0.15) is 10.2 Å². The maximum absolute atomic E-state index is 13.5. The third kappa shape index (κ3) is 2.12. The first-order valence-electron chi connectivity index (χ1n) is 9.00. The Morgan fingerprint density at radius 1 is 1.15 bits per heavy atom. The number of pyridine rings is 1. The molecule has 0 atom stereocenters. The van der Waals surface area contributed by atoms with E-state index < -0.39 is 0 Å². The summed E-state index contributed by atoms with van der Waals surface area (Å²) in [6.07, 6.45) is 5.69. The minimum atomic E-state index is -0.257. The molecule has 6 rings (SSSR count). The molecular formula is C20H16FN5O. The Balaban J connectivity index is 1.67. The van der Waals surface area contributed by atoms with Gasteiger partial charge in [0.05, 0.1) is 30.6 Å². The zero-order valence-electron chi connectivity index (χ0n) is 14.4. The first kappa shape index (κ1) is 15.0. The summed E-state index contributed by atoms with van der Waals surface area (Å²) in [6.45, 7) is 1.20. The van der Waals surface area contributed by atoms with Gasteiger partial charge in [-0.1, -0.05) is 0 Å². The quantitative estimate of drug-likeness (QED) is 0.592. The molecule has 0 amide bonds. The van der Waals surface area contributed by atoms with Crippen molar-refractivity contribution in [1.82, 2.24) is 25.0 Å². The number of nitrogens with zero attached hydrogens (tertiary/aromatic N) is 4. The zero-order valence-corrected chi connectivity index (χ0v) is 14.4. The summed E-state index contributed by atoms with van der Waals surface area (Å²) in [6, 6.07) is 8.49. The smallest absolute Gasteiger partial charge is 0.155 e. The van der Waals surface area contributed by atoms with E-state index in [9.17, 15) is 4.39 Å². The van der Waals surface area contributed by atoms with Crippen LogP contribution in [0, 0.1) is 5.82 Å². The van der Waals surface area contributed by atoms with E-state index in [4.69, 9.17) is 9.84 Å². The molecule has 27 heavy (non-hydrogen) atoms. The fraction of sp³-hybridized carbons (Fsp3) is 0.250. The highest BCUT2D eigenvalue weighted by molar-refractivity contribution is 5.97. The number of rotatable bonds is 2. The first-order chi connectivity index (χ1) is 13.3. The molecule has 6 nitrogen and oxygen atoms in total. The first-order valence-corrected chi connectivity index (χ1v) is 9.00. The standard InChI is InChI=1S/C20H16FN5O/c21-13-3-1-12(2-4-13)18-17(14-5-8-22-19-15(14)9-23-24-19)16-10-27-11-20(6-7-20)26(16)25-18/h1-5,8-9H,6-7,10-11H2,(H,22,23,24). The highest BCUT2D eigenvalue weighted by atomic mass is 19.1. The minimum Gasteiger partial charge on any atom is -0.373 e. The maximum Gasteiger partial charge on any atom is 0.155 e. The molecular weight excluding hydrogens is 345 g/mol. The Hall–Kier alpha value is -3.06. The van der Waals surface area contributed by atoms with E-state index in [1.54, 1.807) is 24.5 Å². The van der Waals surface area contributed by atoms with Crippen LogP contribution in [0.5, 0.6) is 0 Å². The summed E-state index contributed by atoms with van der Waals surface area (Å²) in [7, 11) is 0. The lowest BCUT2D eigenvalue weighted by atomic mass is 9.97. The second-order valence-corrected chi connectivity index (χ2v) is 7.30. The number of aromatic nitrogens is 5. The topological polar surface area (TPSA) is 68.6 Å². The van der Waals surface area contributed by atoms with Crippen LogP contribution in [-0.2, 0) is 16.9 Å². The maximum atomic E-state index is 13.5. The molecule has 3 aromatic heterocycles. The molecule has 0 saturated heterocycles. The number of fused-ring (bicyclic) bond motifs is 3. The summed E-state index contributed by atoms with van der Waals surface area (Å²) in [5.41, 5.74) is 5.52. The summed E-state index contributed by atoms with van der Waals surface area (Å²) in [4.78, 5) is 4.35. The molecule has 1 aliphatic heterocycles. The van der Waals surface area contributed by atoms with Gasteiger partial charge < -0.3 is 4.74 Å². The lowest BCUT2D eigenvalue weighted by Gasteiger charge is -2.25. The monoisotopic (exact) mass is 361 g/mol. The van der Waals surface area contributed by atoms with Gasteiger partial charge in [-0.25, -0.2) is 9.37 Å². The highest BCUT2D eigenvalue weighted by Crippen LogP contribution is 2.50. The van der Waals surface area contributed by atoms with Gasteiger partial charge in [0.15, 0.2) is 5.65 Å². The van der Waals surface area contributed by atoms with E-state index in [0.29, 0.717) is 13.2 Å². The van der Waals surface area contributed by atoms with Crippen molar-refractivity contribution in [1.29, 1.82) is 0 Å². The predicted molar refractivity (Wildman–Crippen MR) is 97.4 cm³/mol. The molecule has 0 unspecified atom stereocenters. The average molecular weight is 361 g/mol. The highest BCUT2D eigenvalue weighted by Gasteiger charge is 2.50. The van der Waals surface area contributed by atoms with Crippen LogP contribution in [-0.4, -0.2) is 31.6 Å². The van der Waals surface area contributed by atoms with E-state index in [1.807, 2.05) is 6.07 Å². The Morgan fingerprint density at radius 3 is 2.81 bits per heavy atom. The van der Waals surface area contributed by atoms with Crippen molar-refractivity contribution in [2.24, 2.45) is 0 Å². The second kappa shape index (κ2) is 5.23. The summed E-state index contributed by atoms with van der Waals surface area (Å²) in [5, 5.41) is 13.0. The van der Waals surface area contributed by atoms with Crippen LogP contribution in [0.2, 0.25) is 0 Å². The fourth-order valence-electron chi connectivity index (χ4n) is 4.04. The molecule has 1 aromatic carbocycles. The van der Waals surface area contributed by atoms with E-state index >= 15 is 0 Å². The molecule has 0 bridgehead atoms. The Labute approximate surface area is 154 Å². The van der Waals surface area contributed by atoms with Crippen LogP contribution in [0.4, 0.5) is 4.39 Å². The molecule has 1 aliphatic carbocycles. The molecule has 4 heterocycles. The van der Waals surface area contributed by atoms with Gasteiger partial charge >= 0.3 is 0 Å². The number of aromatic amines is 1. The van der Waals surface area contributed by atoms with Crippen LogP contribution < -0.4 is 0 Å². The van der Waals surface area contributed by atoms with Crippen molar-refractivity contribution in [3.8, 4) is 22.4 Å². The van der Waals surface area contributed by atoms with Crippen LogP contribution in [0.15, 0.2) is 42.7 Å². The molecule has 4 aromatic rings. The molecule has 7 heteroatoms. The number of hydrogen-bond donors (Lipinski definition) is 1. The molecule has 1 spiro atoms. The van der Waals surface area contributed by atoms with Crippen molar-refractivity contribution in [2.45, 2.75) is 25.0 Å². The Kier molecular flexibility index (Phi) is 2.91. The largest absolute Gasteiger partial charge is 0.373 e. The van der Waals surface area contributed by atoms with Crippen molar-refractivity contribution in [2.75, 3.05) is 6.61 Å². The van der Waals surface area contributed by atoms with Crippen LogP contribution in [0.25, 0.3) is 33.4 Å². The van der Waals surface area contributed by atoms with Gasteiger partial charge in [0.25, 0.3) is 0 Å². The number of nitrogens with one attached hydrogen (secondary N) is 1. The molecule has 1 saturated carbocycles. The third-order valence-corrected chi connectivity index (χ3v) is 5.61. The van der Waals surface area contributed by atoms with E-state index in [-0.39, 0.29) is 11.4 Å². The van der Waals surface area contributed by atoms with Crippen molar-refractivity contribution < 1.29 is 9.13 Å². The second-order valence-electron chi connectivity index (χ2n) is 7.30. The number of ether oxygens (including phenoxy) is 1. The van der Waals surface area contributed by atoms with Crippen LogP contribution in [0.3, 0.4) is 0 Å². The average Bonchev–Trinajstić information content (AvgIpc) is 3.13. The predicted octanol–water partition coefficient (Wildman–Crippen LogP) is 3.65. The van der Waals surface area contributed by atoms with Gasteiger partial charge in [-0.05, 0) is 48.7 Å². The minimum absolute atomic E-state index is 0.0246. The third-order valence-electron chi connectivity index (χ3n) is 5.61. The van der Waals surface area contributed by atoms with Crippen molar-refractivity contribution >= 4 is 11.0 Å². The lowest BCUT2D eigenvalue weighted by molar-refractivity contribution is 0.0414. The van der Waals surface area contributed by atoms with Gasteiger partial charge in [0.2, 0.25) is 0 Å². The number of H-pyrrole nitrogens is 1. The zero-order chi connectivity index (χ0) is 18.0. The number of hydrogen-bond acceptors (Lipinski definition) is 4. The molecule has 1 fully saturated rings. The fourth-order valence-corrected chi connectivity index (χ4v) is 4.04. The number of halogens is 1. The Morgan fingerprint density at radius 2 is 2.00 bits per heavy atom. The molecule has 0 radical (unpaired) electrons. The van der Waals surface area contributed by atoms with Gasteiger partial charge in [-0.15, -0.1) is 0 Å². The van der Waals surface area contributed by atoms with E-state index in [0.717, 1.165) is 52.0 Å². The summed E-state index contributed by atoms with van der Waals surface area (Å²) < 4.78 is 21.6.